The van der Waals surface area contributed by atoms with Crippen LogP contribution in [-0.4, -0.2) is 42.7 Å². The van der Waals surface area contributed by atoms with Crippen molar-refractivity contribution in [1.29, 1.82) is 0 Å². The Morgan fingerprint density at radius 3 is 3.00 bits per heavy atom. The zero-order valence-electron chi connectivity index (χ0n) is 10.8. The summed E-state index contributed by atoms with van der Waals surface area (Å²) < 4.78 is 4.84. The van der Waals surface area contributed by atoms with Crippen molar-refractivity contribution in [2.75, 3.05) is 32.1 Å². The van der Waals surface area contributed by atoms with Gasteiger partial charge in [0.1, 0.15) is 10.8 Å². The highest BCUT2D eigenvalue weighted by atomic mass is 32.1. The molecule has 0 spiro atoms. The summed E-state index contributed by atoms with van der Waals surface area (Å²) in [5.41, 5.74) is 6.26. The van der Waals surface area contributed by atoms with Gasteiger partial charge in [-0.2, -0.15) is 0 Å². The van der Waals surface area contributed by atoms with Crippen molar-refractivity contribution in [1.82, 2.24) is 10.3 Å². The van der Waals surface area contributed by atoms with E-state index in [-0.39, 0.29) is 10.9 Å². The first-order valence-electron chi connectivity index (χ1n) is 5.89. The molecule has 0 aliphatic rings. The normalized spacial score (nSPS) is 9.95. The predicted molar refractivity (Wildman–Crippen MR) is 78.1 cm³/mol. The largest absolute Gasteiger partial charge is 0.389 e. The molecule has 0 radical (unpaired) electrons. The summed E-state index contributed by atoms with van der Waals surface area (Å²) in [6, 6.07) is 3.55. The number of carbonyl (C=O) groups excluding carboxylic acids is 1. The first kappa shape index (κ1) is 15.3. The number of hydrogen-bond acceptors (Lipinski definition) is 5. The highest BCUT2D eigenvalue weighted by Crippen LogP contribution is 2.10. The van der Waals surface area contributed by atoms with Crippen molar-refractivity contribution in [3.05, 3.63) is 23.9 Å². The number of rotatable bonds is 8. The maximum atomic E-state index is 11.4. The summed E-state index contributed by atoms with van der Waals surface area (Å²) in [5.74, 6) is 0.553. The summed E-state index contributed by atoms with van der Waals surface area (Å²) >= 11 is 4.93. The topological polar surface area (TPSA) is 89.3 Å². The van der Waals surface area contributed by atoms with E-state index in [1.54, 1.807) is 25.4 Å². The van der Waals surface area contributed by atoms with Crippen molar-refractivity contribution < 1.29 is 9.53 Å². The Labute approximate surface area is 117 Å². The minimum Gasteiger partial charge on any atom is -0.389 e. The van der Waals surface area contributed by atoms with Crippen LogP contribution in [0.1, 0.15) is 12.0 Å². The molecular weight excluding hydrogens is 264 g/mol. The summed E-state index contributed by atoms with van der Waals surface area (Å²) in [6.07, 6.45) is 1.99. The van der Waals surface area contributed by atoms with Gasteiger partial charge < -0.3 is 21.1 Å². The maximum Gasteiger partial charge on any atom is 0.221 e. The molecule has 7 heteroatoms. The highest BCUT2D eigenvalue weighted by molar-refractivity contribution is 7.80. The molecule has 0 fully saturated rings. The van der Waals surface area contributed by atoms with Crippen LogP contribution in [-0.2, 0) is 9.53 Å². The molecule has 1 aromatic rings. The molecule has 1 aromatic heterocycles. The molecule has 0 bridgehead atoms. The molecule has 0 aliphatic heterocycles. The Balaban J connectivity index is 2.37. The Bertz CT molecular complexity index is 439. The number of methoxy groups -OCH3 is 1. The van der Waals surface area contributed by atoms with E-state index >= 15 is 0 Å². The maximum absolute atomic E-state index is 11.4. The molecule has 104 valence electrons. The van der Waals surface area contributed by atoms with Crippen molar-refractivity contribution in [3.63, 3.8) is 0 Å². The molecule has 1 amide bonds. The van der Waals surface area contributed by atoms with Gasteiger partial charge in [0, 0.05) is 32.8 Å². The predicted octanol–water partition coefficient (Wildman–Crippen LogP) is 0.280. The number of aromatic nitrogens is 1. The van der Waals surface area contributed by atoms with Crippen LogP contribution < -0.4 is 16.4 Å². The third-order valence-corrected chi connectivity index (χ3v) is 2.57. The minimum absolute atomic E-state index is 0.0441. The molecule has 19 heavy (non-hydrogen) atoms. The number of nitrogens with zero attached hydrogens (tertiary/aromatic N) is 1. The van der Waals surface area contributed by atoms with E-state index in [4.69, 9.17) is 22.7 Å². The minimum atomic E-state index is -0.0441. The second kappa shape index (κ2) is 8.39. The van der Waals surface area contributed by atoms with Gasteiger partial charge in [-0.1, -0.05) is 12.2 Å². The van der Waals surface area contributed by atoms with Gasteiger partial charge >= 0.3 is 0 Å². The molecule has 0 unspecified atom stereocenters. The number of hydrogen-bond donors (Lipinski definition) is 3. The number of anilines is 1. The molecule has 0 saturated heterocycles. The number of pyridine rings is 1. The molecule has 0 atom stereocenters. The van der Waals surface area contributed by atoms with E-state index in [0.717, 1.165) is 0 Å². The lowest BCUT2D eigenvalue weighted by Gasteiger charge is -2.09. The van der Waals surface area contributed by atoms with E-state index in [1.807, 2.05) is 0 Å². The van der Waals surface area contributed by atoms with E-state index < -0.39 is 0 Å². The lowest BCUT2D eigenvalue weighted by molar-refractivity contribution is -0.121. The van der Waals surface area contributed by atoms with Gasteiger partial charge in [0.15, 0.2) is 0 Å². The van der Waals surface area contributed by atoms with Gasteiger partial charge in [-0.05, 0) is 12.1 Å². The number of amides is 1. The first-order valence-corrected chi connectivity index (χ1v) is 6.30. The van der Waals surface area contributed by atoms with Gasteiger partial charge in [-0.15, -0.1) is 0 Å². The van der Waals surface area contributed by atoms with Crippen LogP contribution in [0.3, 0.4) is 0 Å². The van der Waals surface area contributed by atoms with Crippen molar-refractivity contribution in [2.45, 2.75) is 6.42 Å². The number of nitrogens with two attached hydrogens (primary N) is 1. The standard InChI is InChI=1S/C12H18N4O2S/c1-18-8-7-14-10(17)4-6-16-12-9(11(13)19)3-2-5-15-12/h2-3,5H,4,6-8H2,1H3,(H2,13,19)(H,14,17)(H,15,16). The van der Waals surface area contributed by atoms with Gasteiger partial charge in [0.25, 0.3) is 0 Å². The monoisotopic (exact) mass is 282 g/mol. The smallest absolute Gasteiger partial charge is 0.221 e. The SMILES string of the molecule is COCCNC(=O)CCNc1ncccc1C(N)=S. The van der Waals surface area contributed by atoms with E-state index in [0.29, 0.717) is 37.5 Å². The van der Waals surface area contributed by atoms with Crippen molar-refractivity contribution in [3.8, 4) is 0 Å². The number of thiocarbonyl (C=S) groups is 1. The zero-order chi connectivity index (χ0) is 14.1. The third kappa shape index (κ3) is 5.62. The summed E-state index contributed by atoms with van der Waals surface area (Å²) in [6.45, 7) is 1.48. The van der Waals surface area contributed by atoms with Crippen molar-refractivity contribution in [2.24, 2.45) is 5.73 Å². The van der Waals surface area contributed by atoms with Gasteiger partial charge in [-0.25, -0.2) is 4.98 Å². The third-order valence-electron chi connectivity index (χ3n) is 2.35. The van der Waals surface area contributed by atoms with Gasteiger partial charge in [-0.3, -0.25) is 4.79 Å². The fourth-order valence-corrected chi connectivity index (χ4v) is 1.59. The lowest BCUT2D eigenvalue weighted by Crippen LogP contribution is -2.28. The lowest BCUT2D eigenvalue weighted by atomic mass is 10.2. The molecule has 4 N–H and O–H groups in total. The summed E-state index contributed by atoms with van der Waals surface area (Å²) in [4.78, 5) is 15.9. The molecule has 0 saturated carbocycles. The van der Waals surface area contributed by atoms with Crippen LogP contribution in [0.25, 0.3) is 0 Å². The quantitative estimate of drug-likeness (QED) is 0.469. The molecule has 0 aliphatic carbocycles. The molecular formula is C12H18N4O2S. The van der Waals surface area contributed by atoms with Crippen LogP contribution in [0.15, 0.2) is 18.3 Å². The Morgan fingerprint density at radius 2 is 2.32 bits per heavy atom. The second-order valence-electron chi connectivity index (χ2n) is 3.78. The van der Waals surface area contributed by atoms with Gasteiger partial charge in [0.2, 0.25) is 5.91 Å². The fraction of sp³-hybridized carbons (Fsp3) is 0.417. The first-order chi connectivity index (χ1) is 9.15. The van der Waals surface area contributed by atoms with E-state index in [1.165, 1.54) is 0 Å². The summed E-state index contributed by atoms with van der Waals surface area (Å²) in [5, 5.41) is 5.78. The number of carbonyl (C=O) groups is 1. The molecule has 6 nitrogen and oxygen atoms in total. The van der Waals surface area contributed by atoms with Crippen LogP contribution in [0.5, 0.6) is 0 Å². The Hall–Kier alpha value is -1.73. The fourth-order valence-electron chi connectivity index (χ4n) is 1.42. The summed E-state index contributed by atoms with van der Waals surface area (Å²) in [7, 11) is 1.59. The Kier molecular flexibility index (Phi) is 6.76. The average Bonchev–Trinajstić information content (AvgIpc) is 2.39. The molecule has 1 rings (SSSR count). The molecule has 1 heterocycles. The molecule has 0 aromatic carbocycles. The van der Waals surface area contributed by atoms with Crippen LogP contribution in [0, 0.1) is 0 Å². The van der Waals surface area contributed by atoms with E-state index in [9.17, 15) is 4.79 Å². The second-order valence-corrected chi connectivity index (χ2v) is 4.22. The number of nitrogens with one attached hydrogen (secondary N) is 2. The van der Waals surface area contributed by atoms with Gasteiger partial charge in [0.05, 0.1) is 12.2 Å². The zero-order valence-corrected chi connectivity index (χ0v) is 11.6. The van der Waals surface area contributed by atoms with Crippen LogP contribution in [0.4, 0.5) is 5.82 Å². The van der Waals surface area contributed by atoms with Crippen LogP contribution >= 0.6 is 12.2 Å². The van der Waals surface area contributed by atoms with Crippen LogP contribution in [0.2, 0.25) is 0 Å². The average molecular weight is 282 g/mol. The Morgan fingerprint density at radius 1 is 1.53 bits per heavy atom. The number of ether oxygens (including phenoxy) is 1. The van der Waals surface area contributed by atoms with E-state index in [2.05, 4.69) is 15.6 Å². The van der Waals surface area contributed by atoms with Crippen molar-refractivity contribution >= 4 is 28.9 Å². The highest BCUT2D eigenvalue weighted by Gasteiger charge is 2.06.